The number of fused-ring (bicyclic) bond motifs is 1. The van der Waals surface area contributed by atoms with Gasteiger partial charge in [-0.15, -0.1) is 0 Å². The molecule has 1 aliphatic rings. The smallest absolute Gasteiger partial charge is 0.332 e. The molecule has 1 atom stereocenters. The van der Waals surface area contributed by atoms with E-state index >= 15 is 0 Å². The van der Waals surface area contributed by atoms with Gasteiger partial charge in [-0.25, -0.2) is 9.78 Å². The SMILES string of the molecule is Cn1c(=O)c2ccc(C3CCCN(C(=O)COc4ccccc4)C3)nc2n(C)c1=O. The van der Waals surface area contributed by atoms with E-state index in [2.05, 4.69) is 4.98 Å². The lowest BCUT2D eigenvalue weighted by Crippen LogP contribution is -2.42. The molecule has 8 nitrogen and oxygen atoms in total. The Morgan fingerprint density at radius 2 is 1.87 bits per heavy atom. The first-order chi connectivity index (χ1) is 14.5. The Morgan fingerprint density at radius 1 is 1.10 bits per heavy atom. The summed E-state index contributed by atoms with van der Waals surface area (Å²) < 4.78 is 8.06. The Bertz CT molecular complexity index is 1200. The lowest BCUT2D eigenvalue weighted by atomic mass is 9.94. The first kappa shape index (κ1) is 19.9. The number of pyridine rings is 1. The van der Waals surface area contributed by atoms with E-state index in [1.165, 1.54) is 11.6 Å². The summed E-state index contributed by atoms with van der Waals surface area (Å²) >= 11 is 0. The van der Waals surface area contributed by atoms with E-state index in [0.29, 0.717) is 29.9 Å². The second kappa shape index (κ2) is 8.14. The van der Waals surface area contributed by atoms with Crippen LogP contribution in [0.2, 0.25) is 0 Å². The van der Waals surface area contributed by atoms with Crippen molar-refractivity contribution in [2.24, 2.45) is 14.1 Å². The number of carbonyl (C=O) groups excluding carboxylic acids is 1. The maximum absolute atomic E-state index is 12.6. The first-order valence-corrected chi connectivity index (χ1v) is 9.98. The molecule has 1 unspecified atom stereocenters. The van der Waals surface area contributed by atoms with Gasteiger partial charge in [-0.05, 0) is 37.1 Å². The molecular weight excluding hydrogens is 384 g/mol. The van der Waals surface area contributed by atoms with Crippen LogP contribution in [0.15, 0.2) is 52.1 Å². The standard InChI is InChI=1S/C22H24N4O4/c1-24-20-17(21(28)25(2)22(24)29)10-11-18(23-20)15-7-6-12-26(13-15)19(27)14-30-16-8-4-3-5-9-16/h3-5,8-11,15H,6-7,12-14H2,1-2H3. The van der Waals surface area contributed by atoms with Gasteiger partial charge in [0.1, 0.15) is 11.4 Å². The average molecular weight is 408 g/mol. The first-order valence-electron chi connectivity index (χ1n) is 9.98. The number of piperidine rings is 1. The molecule has 1 aliphatic heterocycles. The van der Waals surface area contributed by atoms with Crippen LogP contribution in [0.5, 0.6) is 5.75 Å². The molecule has 156 valence electrons. The van der Waals surface area contributed by atoms with Crippen molar-refractivity contribution >= 4 is 16.9 Å². The van der Waals surface area contributed by atoms with Crippen LogP contribution in [0, 0.1) is 0 Å². The lowest BCUT2D eigenvalue weighted by molar-refractivity contribution is -0.134. The van der Waals surface area contributed by atoms with Gasteiger partial charge in [0, 0.05) is 38.8 Å². The van der Waals surface area contributed by atoms with E-state index in [1.54, 1.807) is 18.0 Å². The Hall–Kier alpha value is -3.42. The number of likely N-dealkylation sites (tertiary alicyclic amines) is 1. The molecule has 0 bridgehead atoms. The number of para-hydroxylation sites is 1. The quantitative estimate of drug-likeness (QED) is 0.652. The van der Waals surface area contributed by atoms with Crippen molar-refractivity contribution in [1.82, 2.24) is 19.0 Å². The highest BCUT2D eigenvalue weighted by atomic mass is 16.5. The van der Waals surface area contributed by atoms with Crippen LogP contribution in [-0.4, -0.2) is 44.6 Å². The minimum atomic E-state index is -0.407. The molecule has 1 fully saturated rings. The predicted molar refractivity (Wildman–Crippen MR) is 113 cm³/mol. The fourth-order valence-corrected chi connectivity index (χ4v) is 3.89. The van der Waals surface area contributed by atoms with Crippen LogP contribution >= 0.6 is 0 Å². The molecule has 0 spiro atoms. The number of rotatable bonds is 4. The molecule has 2 aromatic heterocycles. The van der Waals surface area contributed by atoms with E-state index in [0.717, 1.165) is 23.1 Å². The van der Waals surface area contributed by atoms with Crippen LogP contribution in [0.3, 0.4) is 0 Å². The Kier molecular flexibility index (Phi) is 5.39. The van der Waals surface area contributed by atoms with Gasteiger partial charge >= 0.3 is 5.69 Å². The topological polar surface area (TPSA) is 86.4 Å². The van der Waals surface area contributed by atoms with Gasteiger partial charge in [0.2, 0.25) is 0 Å². The van der Waals surface area contributed by atoms with Crippen molar-refractivity contribution in [3.63, 3.8) is 0 Å². The van der Waals surface area contributed by atoms with E-state index in [4.69, 9.17) is 4.74 Å². The number of hydrogen-bond donors (Lipinski definition) is 0. The number of hydrogen-bond acceptors (Lipinski definition) is 5. The molecule has 0 aliphatic carbocycles. The Labute approximate surface area is 173 Å². The van der Waals surface area contributed by atoms with Gasteiger partial charge in [0.05, 0.1) is 5.39 Å². The molecular formula is C22H24N4O4. The minimum absolute atomic E-state index is 0.00751. The molecule has 0 radical (unpaired) electrons. The number of aryl methyl sites for hydroxylation is 1. The molecule has 1 saturated heterocycles. The van der Waals surface area contributed by atoms with Crippen LogP contribution in [0.25, 0.3) is 11.0 Å². The number of aromatic nitrogens is 3. The number of nitrogens with zero attached hydrogens (tertiary/aromatic N) is 4. The Balaban J connectivity index is 1.53. The largest absolute Gasteiger partial charge is 0.484 e. The highest BCUT2D eigenvalue weighted by Gasteiger charge is 2.26. The van der Waals surface area contributed by atoms with Gasteiger partial charge in [-0.2, -0.15) is 0 Å². The van der Waals surface area contributed by atoms with Crippen molar-refractivity contribution in [3.8, 4) is 5.75 Å². The van der Waals surface area contributed by atoms with Gasteiger partial charge < -0.3 is 9.64 Å². The molecule has 1 amide bonds. The molecule has 8 heteroatoms. The predicted octanol–water partition coefficient (Wildman–Crippen LogP) is 1.42. The third kappa shape index (κ3) is 3.72. The lowest BCUT2D eigenvalue weighted by Gasteiger charge is -2.32. The fourth-order valence-electron chi connectivity index (χ4n) is 3.89. The summed E-state index contributed by atoms with van der Waals surface area (Å²) in [5.74, 6) is 0.645. The van der Waals surface area contributed by atoms with E-state index < -0.39 is 5.69 Å². The normalized spacial score (nSPS) is 16.6. The highest BCUT2D eigenvalue weighted by Crippen LogP contribution is 2.26. The summed E-state index contributed by atoms with van der Waals surface area (Å²) in [7, 11) is 3.07. The van der Waals surface area contributed by atoms with Crippen LogP contribution in [0.1, 0.15) is 24.5 Å². The molecule has 3 aromatic rings. The average Bonchev–Trinajstić information content (AvgIpc) is 2.80. The molecule has 30 heavy (non-hydrogen) atoms. The van der Waals surface area contributed by atoms with Gasteiger partial charge in [-0.1, -0.05) is 18.2 Å². The second-order valence-corrected chi connectivity index (χ2v) is 7.59. The number of ether oxygens (including phenoxy) is 1. The van der Waals surface area contributed by atoms with Crippen LogP contribution < -0.4 is 16.0 Å². The van der Waals surface area contributed by atoms with Crippen molar-refractivity contribution in [1.29, 1.82) is 0 Å². The number of amides is 1. The van der Waals surface area contributed by atoms with Gasteiger partial charge in [0.25, 0.3) is 11.5 Å². The van der Waals surface area contributed by atoms with Crippen molar-refractivity contribution in [2.45, 2.75) is 18.8 Å². The zero-order valence-corrected chi connectivity index (χ0v) is 17.1. The van der Waals surface area contributed by atoms with E-state index in [-0.39, 0.29) is 24.0 Å². The summed E-state index contributed by atoms with van der Waals surface area (Å²) in [5, 5.41) is 0.406. The molecule has 4 rings (SSSR count). The maximum atomic E-state index is 12.6. The summed E-state index contributed by atoms with van der Waals surface area (Å²) in [6, 6.07) is 12.8. The molecule has 0 saturated carbocycles. The van der Waals surface area contributed by atoms with Gasteiger partial charge in [0.15, 0.2) is 6.61 Å². The van der Waals surface area contributed by atoms with Crippen LogP contribution in [0.4, 0.5) is 0 Å². The zero-order valence-electron chi connectivity index (χ0n) is 17.1. The number of carbonyl (C=O) groups is 1. The highest BCUT2D eigenvalue weighted by molar-refractivity contribution is 5.78. The molecule has 3 heterocycles. The summed E-state index contributed by atoms with van der Waals surface area (Å²) in [6.07, 6.45) is 1.75. The van der Waals surface area contributed by atoms with E-state index in [1.807, 2.05) is 36.4 Å². The Morgan fingerprint density at radius 3 is 2.63 bits per heavy atom. The summed E-state index contributed by atoms with van der Waals surface area (Å²) in [6.45, 7) is 1.21. The second-order valence-electron chi connectivity index (χ2n) is 7.59. The zero-order chi connectivity index (χ0) is 21.3. The van der Waals surface area contributed by atoms with Crippen molar-refractivity contribution in [3.05, 3.63) is 69.0 Å². The minimum Gasteiger partial charge on any atom is -0.484 e. The van der Waals surface area contributed by atoms with Crippen molar-refractivity contribution in [2.75, 3.05) is 19.7 Å². The third-order valence-electron chi connectivity index (χ3n) is 5.62. The molecule has 0 N–H and O–H groups in total. The van der Waals surface area contributed by atoms with Gasteiger partial charge in [-0.3, -0.25) is 18.7 Å². The monoisotopic (exact) mass is 408 g/mol. The molecule has 1 aromatic carbocycles. The summed E-state index contributed by atoms with van der Waals surface area (Å²) in [4.78, 5) is 43.7. The maximum Gasteiger partial charge on any atom is 0.332 e. The third-order valence-corrected chi connectivity index (χ3v) is 5.62. The van der Waals surface area contributed by atoms with Crippen LogP contribution in [-0.2, 0) is 18.9 Å². The fraction of sp³-hybridized carbons (Fsp3) is 0.364. The summed E-state index contributed by atoms with van der Waals surface area (Å²) in [5.41, 5.74) is 0.394. The van der Waals surface area contributed by atoms with Crippen molar-refractivity contribution < 1.29 is 9.53 Å². The number of benzene rings is 1. The van der Waals surface area contributed by atoms with E-state index in [9.17, 15) is 14.4 Å².